The first-order valence-electron chi connectivity index (χ1n) is 5.82. The summed E-state index contributed by atoms with van der Waals surface area (Å²) in [7, 11) is 0. The smallest absolute Gasteiger partial charge is 0.147 e. The van der Waals surface area contributed by atoms with E-state index in [4.69, 9.17) is 45.3 Å². The Morgan fingerprint density at radius 2 is 1.75 bits per heavy atom. The highest BCUT2D eigenvalue weighted by Gasteiger charge is 2.12. The molecule has 106 valence electrons. The molecule has 0 aliphatic rings. The Morgan fingerprint density at radius 1 is 1.00 bits per heavy atom. The van der Waals surface area contributed by atoms with Crippen molar-refractivity contribution in [3.05, 3.63) is 55.4 Å². The van der Waals surface area contributed by atoms with E-state index in [2.05, 4.69) is 15.9 Å². The zero-order chi connectivity index (χ0) is 14.7. The van der Waals surface area contributed by atoms with E-state index in [1.165, 1.54) is 0 Å². The highest BCUT2D eigenvalue weighted by molar-refractivity contribution is 9.10. The summed E-state index contributed by atoms with van der Waals surface area (Å²) >= 11 is 21.7. The van der Waals surface area contributed by atoms with Gasteiger partial charge in [-0.3, -0.25) is 0 Å². The van der Waals surface area contributed by atoms with Crippen LogP contribution in [0.15, 0.2) is 34.8 Å². The van der Waals surface area contributed by atoms with Gasteiger partial charge in [0.15, 0.2) is 0 Å². The Hall–Kier alpha value is -0.450. The molecular formula is C14H11BrCl3NO. The minimum Gasteiger partial charge on any atom is -0.455 e. The van der Waals surface area contributed by atoms with E-state index in [9.17, 15) is 0 Å². The Morgan fingerprint density at radius 3 is 2.45 bits per heavy atom. The van der Waals surface area contributed by atoms with Crippen molar-refractivity contribution in [3.63, 3.8) is 0 Å². The first-order valence-corrected chi connectivity index (χ1v) is 7.75. The minimum atomic E-state index is 0.458. The topological polar surface area (TPSA) is 35.2 Å². The normalized spacial score (nSPS) is 10.7. The molecule has 20 heavy (non-hydrogen) atoms. The molecule has 0 heterocycles. The van der Waals surface area contributed by atoms with Gasteiger partial charge in [0.25, 0.3) is 0 Å². The summed E-state index contributed by atoms with van der Waals surface area (Å²) in [5.74, 6) is 1.10. The predicted molar refractivity (Wildman–Crippen MR) is 88.4 cm³/mol. The third-order valence-corrected chi connectivity index (χ3v) is 4.51. The van der Waals surface area contributed by atoms with E-state index in [1.807, 2.05) is 12.1 Å². The molecule has 0 aliphatic carbocycles. The molecule has 0 aromatic heterocycles. The lowest BCUT2D eigenvalue weighted by molar-refractivity contribution is 0.476. The molecule has 6 heteroatoms. The molecule has 0 saturated carbocycles. The van der Waals surface area contributed by atoms with Crippen LogP contribution < -0.4 is 10.5 Å². The number of ether oxygens (including phenoxy) is 1. The second-order valence-corrected chi connectivity index (χ2v) is 6.13. The SMILES string of the molecule is NCCc1c(Cl)cccc1Oc1cc(Cl)c(Br)cc1Cl. The fourth-order valence-corrected chi connectivity index (χ4v) is 2.81. The molecule has 0 saturated heterocycles. The summed E-state index contributed by atoms with van der Waals surface area (Å²) in [6.45, 7) is 0.481. The molecule has 0 spiro atoms. The van der Waals surface area contributed by atoms with Crippen molar-refractivity contribution in [1.29, 1.82) is 0 Å². The zero-order valence-corrected chi connectivity index (χ0v) is 14.2. The van der Waals surface area contributed by atoms with Crippen molar-refractivity contribution >= 4 is 50.7 Å². The van der Waals surface area contributed by atoms with Crippen LogP contribution in [0.2, 0.25) is 15.1 Å². The number of rotatable bonds is 4. The molecule has 0 amide bonds. The van der Waals surface area contributed by atoms with Crippen LogP contribution in [0, 0.1) is 0 Å². The maximum atomic E-state index is 6.17. The van der Waals surface area contributed by atoms with Crippen LogP contribution in [0.1, 0.15) is 5.56 Å². The number of nitrogens with two attached hydrogens (primary N) is 1. The average Bonchev–Trinajstić information content (AvgIpc) is 2.40. The molecule has 0 bridgehead atoms. The molecule has 0 aliphatic heterocycles. The van der Waals surface area contributed by atoms with Gasteiger partial charge in [-0.1, -0.05) is 40.9 Å². The summed E-state index contributed by atoms with van der Waals surface area (Å²) in [6.07, 6.45) is 0.622. The van der Waals surface area contributed by atoms with Crippen LogP contribution in [-0.4, -0.2) is 6.54 Å². The number of hydrogen-bond donors (Lipinski definition) is 1. The molecule has 0 radical (unpaired) electrons. The molecule has 2 nitrogen and oxygen atoms in total. The third kappa shape index (κ3) is 3.60. The number of benzene rings is 2. The highest BCUT2D eigenvalue weighted by atomic mass is 79.9. The highest BCUT2D eigenvalue weighted by Crippen LogP contribution is 2.38. The summed E-state index contributed by atoms with van der Waals surface area (Å²) in [5, 5.41) is 1.60. The molecular weight excluding hydrogens is 384 g/mol. The van der Waals surface area contributed by atoms with Crippen molar-refractivity contribution in [1.82, 2.24) is 0 Å². The van der Waals surface area contributed by atoms with E-state index in [-0.39, 0.29) is 0 Å². The summed E-state index contributed by atoms with van der Waals surface area (Å²) in [4.78, 5) is 0. The Kier molecular flexibility index (Phi) is 5.58. The van der Waals surface area contributed by atoms with Crippen LogP contribution in [0.4, 0.5) is 0 Å². The van der Waals surface area contributed by atoms with Gasteiger partial charge in [-0.2, -0.15) is 0 Å². The second-order valence-electron chi connectivity index (χ2n) is 4.05. The summed E-state index contributed by atoms with van der Waals surface area (Å²) in [5.41, 5.74) is 6.45. The van der Waals surface area contributed by atoms with Crippen molar-refractivity contribution in [2.24, 2.45) is 5.73 Å². The van der Waals surface area contributed by atoms with Gasteiger partial charge < -0.3 is 10.5 Å². The van der Waals surface area contributed by atoms with Gasteiger partial charge in [0.05, 0.1) is 10.0 Å². The largest absolute Gasteiger partial charge is 0.455 e. The monoisotopic (exact) mass is 393 g/mol. The van der Waals surface area contributed by atoms with Crippen LogP contribution in [0.5, 0.6) is 11.5 Å². The molecule has 0 fully saturated rings. The summed E-state index contributed by atoms with van der Waals surface area (Å²) in [6, 6.07) is 8.78. The Balaban J connectivity index is 2.40. The van der Waals surface area contributed by atoms with Crippen molar-refractivity contribution in [2.45, 2.75) is 6.42 Å². The van der Waals surface area contributed by atoms with Crippen LogP contribution >= 0.6 is 50.7 Å². The first kappa shape index (κ1) is 15.9. The maximum Gasteiger partial charge on any atom is 0.147 e. The van der Waals surface area contributed by atoms with Crippen molar-refractivity contribution in [3.8, 4) is 11.5 Å². The fraction of sp³-hybridized carbons (Fsp3) is 0.143. The van der Waals surface area contributed by atoms with E-state index in [0.717, 1.165) is 5.56 Å². The lowest BCUT2D eigenvalue weighted by Gasteiger charge is -2.13. The molecule has 2 aromatic carbocycles. The van der Waals surface area contributed by atoms with Gasteiger partial charge in [-0.05, 0) is 47.1 Å². The van der Waals surface area contributed by atoms with Gasteiger partial charge in [-0.15, -0.1) is 0 Å². The van der Waals surface area contributed by atoms with Crippen LogP contribution in [-0.2, 0) is 6.42 Å². The van der Waals surface area contributed by atoms with Gasteiger partial charge in [0.2, 0.25) is 0 Å². The van der Waals surface area contributed by atoms with Crippen LogP contribution in [0.25, 0.3) is 0 Å². The van der Waals surface area contributed by atoms with Gasteiger partial charge in [-0.25, -0.2) is 0 Å². The second kappa shape index (κ2) is 7.01. The standard InChI is InChI=1S/C14H11BrCl3NO/c15-9-6-12(18)14(7-11(9)17)20-13-3-1-2-10(16)8(13)4-5-19/h1-3,6-7H,4-5,19H2. The van der Waals surface area contributed by atoms with Crippen molar-refractivity contribution in [2.75, 3.05) is 6.54 Å². The lowest BCUT2D eigenvalue weighted by atomic mass is 10.1. The van der Waals surface area contributed by atoms with Crippen LogP contribution in [0.3, 0.4) is 0 Å². The Labute approximate surface area is 140 Å². The van der Waals surface area contributed by atoms with E-state index >= 15 is 0 Å². The third-order valence-electron chi connectivity index (χ3n) is 2.66. The van der Waals surface area contributed by atoms with E-state index in [1.54, 1.807) is 18.2 Å². The fourth-order valence-electron chi connectivity index (χ4n) is 1.72. The quantitative estimate of drug-likeness (QED) is 0.674. The molecule has 2 rings (SSSR count). The van der Waals surface area contributed by atoms with Gasteiger partial charge in [0, 0.05) is 21.1 Å². The Bertz CT molecular complexity index is 634. The van der Waals surface area contributed by atoms with E-state index in [0.29, 0.717) is 44.0 Å². The van der Waals surface area contributed by atoms with Gasteiger partial charge >= 0.3 is 0 Å². The molecule has 0 unspecified atom stereocenters. The zero-order valence-electron chi connectivity index (χ0n) is 10.3. The molecule has 2 aromatic rings. The predicted octanol–water partition coefficient (Wildman–Crippen LogP) is 5.70. The minimum absolute atomic E-state index is 0.458. The maximum absolute atomic E-state index is 6.17. The lowest BCUT2D eigenvalue weighted by Crippen LogP contribution is -2.04. The van der Waals surface area contributed by atoms with Gasteiger partial charge in [0.1, 0.15) is 11.5 Å². The van der Waals surface area contributed by atoms with E-state index < -0.39 is 0 Å². The number of halogens is 4. The average molecular weight is 396 g/mol. The number of hydrogen-bond acceptors (Lipinski definition) is 2. The molecule has 2 N–H and O–H groups in total. The van der Waals surface area contributed by atoms with Crippen molar-refractivity contribution < 1.29 is 4.74 Å². The molecule has 0 atom stereocenters. The summed E-state index contributed by atoms with van der Waals surface area (Å²) < 4.78 is 6.55. The first-order chi connectivity index (χ1) is 9.52.